The van der Waals surface area contributed by atoms with Gasteiger partial charge in [0.25, 0.3) is 0 Å². The quantitative estimate of drug-likeness (QED) is 0.782. The summed E-state index contributed by atoms with van der Waals surface area (Å²) in [5, 5.41) is 12.7. The number of hydrogen-bond acceptors (Lipinski definition) is 3. The van der Waals surface area contributed by atoms with Crippen molar-refractivity contribution in [2.24, 2.45) is 0 Å². The molecular formula is C15H22N2O2. The first-order valence-electron chi connectivity index (χ1n) is 6.95. The summed E-state index contributed by atoms with van der Waals surface area (Å²) in [6, 6.07) is 10.0. The van der Waals surface area contributed by atoms with Crippen LogP contribution < -0.4 is 5.32 Å². The Morgan fingerprint density at radius 3 is 2.58 bits per heavy atom. The molecule has 1 fully saturated rings. The highest BCUT2D eigenvalue weighted by Crippen LogP contribution is 2.19. The molecule has 2 N–H and O–H groups in total. The van der Waals surface area contributed by atoms with Gasteiger partial charge in [0, 0.05) is 25.7 Å². The highest BCUT2D eigenvalue weighted by Gasteiger charge is 2.29. The summed E-state index contributed by atoms with van der Waals surface area (Å²) in [7, 11) is 0. The average molecular weight is 262 g/mol. The van der Waals surface area contributed by atoms with Crippen LogP contribution in [0.1, 0.15) is 24.8 Å². The third-order valence-corrected chi connectivity index (χ3v) is 3.70. The van der Waals surface area contributed by atoms with Crippen LogP contribution in [0.3, 0.4) is 0 Å². The minimum Gasteiger partial charge on any atom is -0.481 e. The molecule has 1 unspecified atom stereocenters. The van der Waals surface area contributed by atoms with Crippen LogP contribution in [-0.2, 0) is 4.79 Å². The molecule has 1 aliphatic heterocycles. The highest BCUT2D eigenvalue weighted by molar-refractivity contribution is 5.76. The van der Waals surface area contributed by atoms with Crippen LogP contribution >= 0.6 is 0 Å². The number of nitrogens with one attached hydrogen (secondary N) is 1. The number of benzene rings is 1. The van der Waals surface area contributed by atoms with Gasteiger partial charge in [-0.15, -0.1) is 0 Å². The van der Waals surface area contributed by atoms with Crippen molar-refractivity contribution in [3.8, 4) is 0 Å². The first-order chi connectivity index (χ1) is 9.22. The molecule has 1 aliphatic rings. The van der Waals surface area contributed by atoms with E-state index < -0.39 is 11.9 Å². The van der Waals surface area contributed by atoms with Crippen molar-refractivity contribution >= 4 is 5.97 Å². The maximum absolute atomic E-state index is 11.5. The van der Waals surface area contributed by atoms with Crippen molar-refractivity contribution in [3.63, 3.8) is 0 Å². The van der Waals surface area contributed by atoms with E-state index in [2.05, 4.69) is 17.1 Å². The molecule has 1 aromatic carbocycles. The van der Waals surface area contributed by atoms with Gasteiger partial charge in [0.05, 0.1) is 5.92 Å². The summed E-state index contributed by atoms with van der Waals surface area (Å²) < 4.78 is 0. The van der Waals surface area contributed by atoms with Crippen LogP contribution in [0.25, 0.3) is 0 Å². The zero-order valence-electron chi connectivity index (χ0n) is 11.4. The fourth-order valence-electron chi connectivity index (χ4n) is 2.49. The van der Waals surface area contributed by atoms with Crippen molar-refractivity contribution in [1.29, 1.82) is 0 Å². The standard InChI is InChI=1S/C15H22N2O2/c1-2-8-17(13-9-16-10-13)11-14(15(18)19)12-6-4-3-5-7-12/h3-7,13-14,16H,2,8-11H2,1H3,(H,18,19). The van der Waals surface area contributed by atoms with Crippen LogP contribution in [0.5, 0.6) is 0 Å². The summed E-state index contributed by atoms with van der Waals surface area (Å²) in [5.41, 5.74) is 0.892. The molecule has 4 heteroatoms. The monoisotopic (exact) mass is 262 g/mol. The average Bonchev–Trinajstić information content (AvgIpc) is 2.34. The van der Waals surface area contributed by atoms with Crippen LogP contribution in [0.15, 0.2) is 30.3 Å². The fourth-order valence-corrected chi connectivity index (χ4v) is 2.49. The number of carbonyl (C=O) groups is 1. The Kier molecular flexibility index (Phi) is 4.93. The van der Waals surface area contributed by atoms with Gasteiger partial charge >= 0.3 is 5.97 Å². The molecule has 1 heterocycles. The lowest BCUT2D eigenvalue weighted by Gasteiger charge is -2.39. The topological polar surface area (TPSA) is 52.6 Å². The number of carboxylic acids is 1. The molecule has 1 atom stereocenters. The maximum atomic E-state index is 11.5. The second kappa shape index (κ2) is 6.68. The first-order valence-corrected chi connectivity index (χ1v) is 6.95. The first kappa shape index (κ1) is 14.0. The molecule has 4 nitrogen and oxygen atoms in total. The summed E-state index contributed by atoms with van der Waals surface area (Å²) >= 11 is 0. The number of carboxylic acid groups (broad SMARTS) is 1. The Balaban J connectivity index is 2.08. The SMILES string of the molecule is CCCN(CC(C(=O)O)c1ccccc1)C1CNC1. The molecule has 0 saturated carbocycles. The molecule has 1 aromatic rings. The van der Waals surface area contributed by atoms with Gasteiger partial charge in [-0.25, -0.2) is 0 Å². The molecule has 0 aliphatic carbocycles. The Morgan fingerprint density at radius 1 is 1.42 bits per heavy atom. The van der Waals surface area contributed by atoms with Crippen molar-refractivity contribution in [2.75, 3.05) is 26.2 Å². The summed E-state index contributed by atoms with van der Waals surface area (Å²) in [4.78, 5) is 13.8. The van der Waals surface area contributed by atoms with E-state index in [0.717, 1.165) is 31.6 Å². The van der Waals surface area contributed by atoms with Gasteiger partial charge in [-0.1, -0.05) is 37.3 Å². The van der Waals surface area contributed by atoms with E-state index in [0.29, 0.717) is 12.6 Å². The molecular weight excluding hydrogens is 240 g/mol. The number of hydrogen-bond donors (Lipinski definition) is 2. The second-order valence-electron chi connectivity index (χ2n) is 5.11. The number of rotatable bonds is 7. The van der Waals surface area contributed by atoms with Crippen molar-refractivity contribution < 1.29 is 9.90 Å². The van der Waals surface area contributed by atoms with Gasteiger partial charge in [-0.3, -0.25) is 9.69 Å². The van der Waals surface area contributed by atoms with Crippen LogP contribution in [0, 0.1) is 0 Å². The predicted octanol–water partition coefficient (Wildman–Crippen LogP) is 1.54. The second-order valence-corrected chi connectivity index (χ2v) is 5.11. The smallest absolute Gasteiger partial charge is 0.312 e. The van der Waals surface area contributed by atoms with Crippen LogP contribution in [0.2, 0.25) is 0 Å². The van der Waals surface area contributed by atoms with Gasteiger partial charge < -0.3 is 10.4 Å². The summed E-state index contributed by atoms with van der Waals surface area (Å²) in [5.74, 6) is -1.17. The third-order valence-electron chi connectivity index (χ3n) is 3.70. The summed E-state index contributed by atoms with van der Waals surface area (Å²) in [6.45, 7) is 5.64. The van der Waals surface area contributed by atoms with E-state index in [1.807, 2.05) is 30.3 Å². The van der Waals surface area contributed by atoms with Crippen LogP contribution in [-0.4, -0.2) is 48.2 Å². The van der Waals surface area contributed by atoms with Gasteiger partial charge in [0.15, 0.2) is 0 Å². The van der Waals surface area contributed by atoms with E-state index in [1.54, 1.807) is 0 Å². The summed E-state index contributed by atoms with van der Waals surface area (Å²) in [6.07, 6.45) is 1.05. The molecule has 2 rings (SSSR count). The van der Waals surface area contributed by atoms with E-state index in [9.17, 15) is 9.90 Å². The molecule has 0 radical (unpaired) electrons. The molecule has 0 amide bonds. The highest BCUT2D eigenvalue weighted by atomic mass is 16.4. The molecule has 19 heavy (non-hydrogen) atoms. The fraction of sp³-hybridized carbons (Fsp3) is 0.533. The van der Waals surface area contributed by atoms with Gasteiger partial charge in [-0.05, 0) is 18.5 Å². The van der Waals surface area contributed by atoms with Crippen LogP contribution in [0.4, 0.5) is 0 Å². The zero-order valence-corrected chi connectivity index (χ0v) is 11.4. The number of nitrogens with zero attached hydrogens (tertiary/aromatic N) is 1. The molecule has 0 spiro atoms. The Bertz CT molecular complexity index is 404. The molecule has 0 aromatic heterocycles. The maximum Gasteiger partial charge on any atom is 0.312 e. The number of aliphatic carboxylic acids is 1. The van der Waals surface area contributed by atoms with E-state index >= 15 is 0 Å². The van der Waals surface area contributed by atoms with Crippen molar-refractivity contribution in [3.05, 3.63) is 35.9 Å². The van der Waals surface area contributed by atoms with E-state index in [-0.39, 0.29) is 0 Å². The zero-order chi connectivity index (χ0) is 13.7. The lowest BCUT2D eigenvalue weighted by molar-refractivity contribution is -0.139. The van der Waals surface area contributed by atoms with Gasteiger partial charge in [0.1, 0.15) is 0 Å². The van der Waals surface area contributed by atoms with Gasteiger partial charge in [0.2, 0.25) is 0 Å². The van der Waals surface area contributed by atoms with Crippen molar-refractivity contribution in [1.82, 2.24) is 10.2 Å². The lowest BCUT2D eigenvalue weighted by Crippen LogP contribution is -2.58. The Hall–Kier alpha value is -1.39. The normalized spacial score (nSPS) is 17.2. The van der Waals surface area contributed by atoms with E-state index in [1.165, 1.54) is 0 Å². The lowest BCUT2D eigenvalue weighted by atomic mass is 9.97. The largest absolute Gasteiger partial charge is 0.481 e. The van der Waals surface area contributed by atoms with E-state index in [4.69, 9.17) is 0 Å². The van der Waals surface area contributed by atoms with Crippen molar-refractivity contribution in [2.45, 2.75) is 25.3 Å². The van der Waals surface area contributed by atoms with Gasteiger partial charge in [-0.2, -0.15) is 0 Å². The Morgan fingerprint density at radius 2 is 2.11 bits per heavy atom. The molecule has 104 valence electrons. The minimum absolute atomic E-state index is 0.437. The molecule has 0 bridgehead atoms. The Labute approximate surface area is 114 Å². The predicted molar refractivity (Wildman–Crippen MR) is 75.3 cm³/mol. The minimum atomic E-state index is -0.736. The molecule has 1 saturated heterocycles. The third kappa shape index (κ3) is 3.55.